The number of carbonyl (C=O) groups excluding carboxylic acids is 1. The van der Waals surface area contributed by atoms with Gasteiger partial charge in [0.25, 0.3) is 0 Å². The minimum absolute atomic E-state index is 0.271. The van der Waals surface area contributed by atoms with Crippen molar-refractivity contribution in [3.63, 3.8) is 0 Å². The van der Waals surface area contributed by atoms with Gasteiger partial charge in [0.1, 0.15) is 6.54 Å². The molecule has 0 aromatic heterocycles. The molecule has 16 heavy (non-hydrogen) atoms. The summed E-state index contributed by atoms with van der Waals surface area (Å²) in [5, 5.41) is 3.51. The van der Waals surface area contributed by atoms with Crippen LogP contribution in [-0.4, -0.2) is 46.5 Å². The summed E-state index contributed by atoms with van der Waals surface area (Å²) in [6.45, 7) is -1.73. The van der Waals surface area contributed by atoms with Gasteiger partial charge in [0.2, 0.25) is 10.0 Å². The van der Waals surface area contributed by atoms with Gasteiger partial charge in [-0.15, -0.1) is 0 Å². The van der Waals surface area contributed by atoms with Crippen LogP contribution < -0.4 is 15.4 Å². The van der Waals surface area contributed by atoms with E-state index in [1.165, 1.54) is 12.4 Å². The quantitative estimate of drug-likeness (QED) is 0.619. The summed E-state index contributed by atoms with van der Waals surface area (Å²) in [6.07, 6.45) is -4.49. The maximum Gasteiger partial charge on any atom is 0.405 e. The number of urea groups is 1. The van der Waals surface area contributed by atoms with Crippen molar-refractivity contribution in [1.82, 2.24) is 15.4 Å². The van der Waals surface area contributed by atoms with Crippen molar-refractivity contribution >= 4 is 16.1 Å². The Kier molecular flexibility index (Phi) is 5.51. The fourth-order valence-electron chi connectivity index (χ4n) is 0.644. The van der Waals surface area contributed by atoms with Crippen LogP contribution in [0.1, 0.15) is 0 Å². The summed E-state index contributed by atoms with van der Waals surface area (Å²) >= 11 is 0. The SMILES string of the molecule is CNS(=O)(=O)CCNC(=O)NCC(F)(F)F. The fraction of sp³-hybridized carbons (Fsp3) is 0.833. The number of alkyl halides is 3. The maximum absolute atomic E-state index is 11.6. The number of halogens is 3. The largest absolute Gasteiger partial charge is 0.405 e. The fourth-order valence-corrected chi connectivity index (χ4v) is 1.22. The minimum Gasteiger partial charge on any atom is -0.337 e. The summed E-state index contributed by atoms with van der Waals surface area (Å²) in [5.74, 6) is -0.400. The van der Waals surface area contributed by atoms with E-state index in [9.17, 15) is 26.4 Å². The van der Waals surface area contributed by atoms with Crippen molar-refractivity contribution in [2.75, 3.05) is 25.9 Å². The summed E-state index contributed by atoms with van der Waals surface area (Å²) in [7, 11) is -2.28. The van der Waals surface area contributed by atoms with E-state index in [4.69, 9.17) is 0 Å². The Labute approximate surface area is 90.6 Å². The molecular formula is C6H12F3N3O3S. The van der Waals surface area contributed by atoms with E-state index in [1.807, 2.05) is 10.0 Å². The van der Waals surface area contributed by atoms with Gasteiger partial charge in [0.15, 0.2) is 0 Å². The van der Waals surface area contributed by atoms with E-state index < -0.39 is 34.5 Å². The molecule has 0 bridgehead atoms. The van der Waals surface area contributed by atoms with Crippen molar-refractivity contribution in [2.24, 2.45) is 0 Å². The Hall–Kier alpha value is -1.03. The van der Waals surface area contributed by atoms with E-state index in [0.29, 0.717) is 0 Å². The van der Waals surface area contributed by atoms with Crippen LogP contribution in [-0.2, 0) is 10.0 Å². The predicted molar refractivity (Wildman–Crippen MR) is 50.3 cm³/mol. The van der Waals surface area contributed by atoms with Crippen molar-refractivity contribution in [1.29, 1.82) is 0 Å². The molecular weight excluding hydrogens is 251 g/mol. The first-order chi connectivity index (χ1) is 7.16. The molecule has 96 valence electrons. The summed E-state index contributed by atoms with van der Waals surface area (Å²) in [5.41, 5.74) is 0. The smallest absolute Gasteiger partial charge is 0.337 e. The molecule has 10 heteroatoms. The van der Waals surface area contributed by atoms with Crippen LogP contribution in [0.15, 0.2) is 0 Å². The molecule has 6 nitrogen and oxygen atoms in total. The van der Waals surface area contributed by atoms with Gasteiger partial charge in [-0.25, -0.2) is 17.9 Å². The average Bonchev–Trinajstić information content (AvgIpc) is 2.13. The highest BCUT2D eigenvalue weighted by molar-refractivity contribution is 7.89. The normalized spacial score (nSPS) is 12.2. The highest BCUT2D eigenvalue weighted by atomic mass is 32.2. The van der Waals surface area contributed by atoms with Gasteiger partial charge < -0.3 is 10.6 Å². The molecule has 2 amide bonds. The van der Waals surface area contributed by atoms with Gasteiger partial charge in [-0.2, -0.15) is 13.2 Å². The molecule has 0 saturated carbocycles. The topological polar surface area (TPSA) is 87.3 Å². The Balaban J connectivity index is 3.76. The van der Waals surface area contributed by atoms with Crippen LogP contribution in [0.5, 0.6) is 0 Å². The number of carbonyl (C=O) groups is 1. The molecule has 0 aliphatic rings. The molecule has 3 N–H and O–H groups in total. The Morgan fingerprint density at radius 3 is 2.25 bits per heavy atom. The van der Waals surface area contributed by atoms with Crippen LogP contribution >= 0.6 is 0 Å². The zero-order valence-electron chi connectivity index (χ0n) is 8.39. The standard InChI is InChI=1S/C6H12F3N3O3S/c1-10-16(14,15)3-2-11-5(13)12-4-6(7,8)9/h10H,2-4H2,1H3,(H2,11,12,13). The van der Waals surface area contributed by atoms with E-state index >= 15 is 0 Å². The molecule has 0 aliphatic carbocycles. The zero-order valence-corrected chi connectivity index (χ0v) is 9.20. The number of hydrogen-bond acceptors (Lipinski definition) is 3. The lowest BCUT2D eigenvalue weighted by Gasteiger charge is -2.09. The Bertz CT molecular complexity index is 328. The van der Waals surface area contributed by atoms with Crippen LogP contribution in [0.25, 0.3) is 0 Å². The van der Waals surface area contributed by atoms with Crippen LogP contribution in [0.2, 0.25) is 0 Å². The maximum atomic E-state index is 11.6. The average molecular weight is 263 g/mol. The van der Waals surface area contributed by atoms with Crippen molar-refractivity contribution in [3.8, 4) is 0 Å². The first-order valence-corrected chi connectivity index (χ1v) is 5.81. The number of nitrogens with one attached hydrogen (secondary N) is 3. The monoisotopic (exact) mass is 263 g/mol. The predicted octanol–water partition coefficient (Wildman–Crippen LogP) is -0.603. The Morgan fingerprint density at radius 2 is 1.81 bits per heavy atom. The highest BCUT2D eigenvalue weighted by Gasteiger charge is 2.27. The van der Waals surface area contributed by atoms with E-state index in [1.54, 1.807) is 0 Å². The number of rotatable bonds is 5. The van der Waals surface area contributed by atoms with Crippen LogP contribution in [0, 0.1) is 0 Å². The molecule has 0 unspecified atom stereocenters. The number of hydrogen-bond donors (Lipinski definition) is 3. The van der Waals surface area contributed by atoms with Crippen molar-refractivity contribution < 1.29 is 26.4 Å². The van der Waals surface area contributed by atoms with E-state index in [0.717, 1.165) is 0 Å². The third-order valence-corrected chi connectivity index (χ3v) is 2.78. The van der Waals surface area contributed by atoms with Crippen LogP contribution in [0.4, 0.5) is 18.0 Å². The van der Waals surface area contributed by atoms with E-state index in [-0.39, 0.29) is 6.54 Å². The zero-order chi connectivity index (χ0) is 12.8. The van der Waals surface area contributed by atoms with Gasteiger partial charge in [-0.05, 0) is 7.05 Å². The lowest BCUT2D eigenvalue weighted by molar-refractivity contribution is -0.122. The summed E-state index contributed by atoms with van der Waals surface area (Å²) in [6, 6.07) is -1.07. The number of sulfonamides is 1. The highest BCUT2D eigenvalue weighted by Crippen LogP contribution is 2.11. The van der Waals surface area contributed by atoms with Gasteiger partial charge in [0.05, 0.1) is 5.75 Å². The lowest BCUT2D eigenvalue weighted by atomic mass is 10.6. The first kappa shape index (κ1) is 15.0. The molecule has 0 fully saturated rings. The van der Waals surface area contributed by atoms with Crippen molar-refractivity contribution in [3.05, 3.63) is 0 Å². The molecule has 0 radical (unpaired) electrons. The molecule has 0 atom stereocenters. The molecule has 0 rings (SSSR count). The lowest BCUT2D eigenvalue weighted by Crippen LogP contribution is -2.42. The van der Waals surface area contributed by atoms with Crippen molar-refractivity contribution in [2.45, 2.75) is 6.18 Å². The third-order valence-electron chi connectivity index (χ3n) is 1.42. The molecule has 0 aromatic rings. The van der Waals surface area contributed by atoms with E-state index in [2.05, 4.69) is 0 Å². The Morgan fingerprint density at radius 1 is 1.25 bits per heavy atom. The molecule has 0 aliphatic heterocycles. The second kappa shape index (κ2) is 5.89. The summed E-state index contributed by atoms with van der Waals surface area (Å²) < 4.78 is 58.6. The van der Waals surface area contributed by atoms with Crippen LogP contribution in [0.3, 0.4) is 0 Å². The molecule has 0 aromatic carbocycles. The number of amides is 2. The van der Waals surface area contributed by atoms with Gasteiger partial charge in [-0.3, -0.25) is 0 Å². The summed E-state index contributed by atoms with van der Waals surface area (Å²) in [4.78, 5) is 10.7. The molecule has 0 heterocycles. The molecule has 0 saturated heterocycles. The molecule has 0 spiro atoms. The minimum atomic E-state index is -4.49. The van der Waals surface area contributed by atoms with Gasteiger partial charge in [0, 0.05) is 6.54 Å². The second-order valence-electron chi connectivity index (χ2n) is 2.75. The second-order valence-corrected chi connectivity index (χ2v) is 4.79. The van der Waals surface area contributed by atoms with Gasteiger partial charge in [-0.1, -0.05) is 0 Å². The van der Waals surface area contributed by atoms with Gasteiger partial charge >= 0.3 is 12.2 Å². The first-order valence-electron chi connectivity index (χ1n) is 4.16. The third kappa shape index (κ3) is 8.29.